The first kappa shape index (κ1) is 23.8. The first-order valence-electron chi connectivity index (χ1n) is 9.81. The van der Waals surface area contributed by atoms with Crippen LogP contribution in [0.1, 0.15) is 21.7 Å². The number of nitrogens with one attached hydrogen (secondary N) is 1. The molecular formula is C23H22ClN3O6. The van der Waals surface area contributed by atoms with Gasteiger partial charge in [-0.2, -0.15) is 5.10 Å². The molecule has 0 bridgehead atoms. The highest BCUT2D eigenvalue weighted by Crippen LogP contribution is 2.35. The van der Waals surface area contributed by atoms with Crippen molar-refractivity contribution < 1.29 is 28.6 Å². The Kier molecular flexibility index (Phi) is 7.34. The molecule has 1 amide bonds. The van der Waals surface area contributed by atoms with Gasteiger partial charge in [0.1, 0.15) is 11.5 Å². The van der Waals surface area contributed by atoms with Crippen molar-refractivity contribution in [2.24, 2.45) is 0 Å². The van der Waals surface area contributed by atoms with E-state index in [1.807, 2.05) is 30.3 Å². The lowest BCUT2D eigenvalue weighted by Gasteiger charge is -2.13. The summed E-state index contributed by atoms with van der Waals surface area (Å²) in [6.45, 7) is 2.63. The standard InChI is InChI=1S/C23H22ClN3O6/c1-13-21(14(2)27(26-13)15-8-6-5-7-9-15)22(29)23(30)33-12-20(28)25-17-11-18(31-3)16(24)10-19(17)32-4/h5-11H,12H2,1-4H3,(H,25,28). The Balaban J connectivity index is 1.69. The predicted molar refractivity (Wildman–Crippen MR) is 122 cm³/mol. The topological polar surface area (TPSA) is 109 Å². The molecule has 1 aromatic heterocycles. The fourth-order valence-corrected chi connectivity index (χ4v) is 3.47. The molecule has 10 heteroatoms. The maximum atomic E-state index is 12.7. The zero-order valence-corrected chi connectivity index (χ0v) is 19.2. The summed E-state index contributed by atoms with van der Waals surface area (Å²) in [7, 11) is 2.84. The van der Waals surface area contributed by atoms with Crippen LogP contribution in [0, 0.1) is 13.8 Å². The Morgan fingerprint density at radius 2 is 1.70 bits per heavy atom. The number of aryl methyl sites for hydroxylation is 1. The van der Waals surface area contributed by atoms with Crippen molar-refractivity contribution in [1.29, 1.82) is 0 Å². The highest BCUT2D eigenvalue weighted by Gasteiger charge is 2.27. The zero-order valence-electron chi connectivity index (χ0n) is 18.5. The molecule has 0 aliphatic heterocycles. The lowest BCUT2D eigenvalue weighted by atomic mass is 10.1. The molecule has 3 rings (SSSR count). The number of hydrogen-bond donors (Lipinski definition) is 1. The van der Waals surface area contributed by atoms with Gasteiger partial charge >= 0.3 is 5.97 Å². The number of hydrogen-bond acceptors (Lipinski definition) is 7. The smallest absolute Gasteiger partial charge is 0.380 e. The van der Waals surface area contributed by atoms with Crippen LogP contribution in [-0.2, 0) is 14.3 Å². The van der Waals surface area contributed by atoms with Gasteiger partial charge in [-0.3, -0.25) is 9.59 Å². The summed E-state index contributed by atoms with van der Waals surface area (Å²) in [5, 5.41) is 7.19. The van der Waals surface area contributed by atoms with Crippen molar-refractivity contribution in [3.8, 4) is 17.2 Å². The summed E-state index contributed by atoms with van der Waals surface area (Å²) in [5.74, 6) is -2.11. The number of ether oxygens (including phenoxy) is 3. The summed E-state index contributed by atoms with van der Waals surface area (Å²) in [5.41, 5.74) is 2.01. The number of amides is 1. The molecule has 33 heavy (non-hydrogen) atoms. The molecule has 2 aromatic carbocycles. The van der Waals surface area contributed by atoms with E-state index in [4.69, 9.17) is 25.8 Å². The molecule has 3 aromatic rings. The number of benzene rings is 2. The summed E-state index contributed by atoms with van der Waals surface area (Å²) in [6, 6.07) is 12.1. The van der Waals surface area contributed by atoms with E-state index < -0.39 is 24.3 Å². The Morgan fingerprint density at radius 1 is 1.03 bits per heavy atom. The monoisotopic (exact) mass is 471 g/mol. The van der Waals surface area contributed by atoms with Gasteiger partial charge in [0, 0.05) is 12.1 Å². The molecule has 0 radical (unpaired) electrons. The van der Waals surface area contributed by atoms with Gasteiger partial charge in [0.2, 0.25) is 0 Å². The molecule has 0 saturated heterocycles. The van der Waals surface area contributed by atoms with Crippen molar-refractivity contribution in [3.05, 3.63) is 64.4 Å². The highest BCUT2D eigenvalue weighted by atomic mass is 35.5. The highest BCUT2D eigenvalue weighted by molar-refractivity contribution is 6.41. The summed E-state index contributed by atoms with van der Waals surface area (Å²) >= 11 is 6.05. The van der Waals surface area contributed by atoms with E-state index in [0.717, 1.165) is 5.69 Å². The maximum Gasteiger partial charge on any atom is 0.380 e. The second-order valence-electron chi connectivity index (χ2n) is 6.93. The molecular weight excluding hydrogens is 450 g/mol. The van der Waals surface area contributed by atoms with Gasteiger partial charge in [-0.1, -0.05) is 29.8 Å². The van der Waals surface area contributed by atoms with Crippen LogP contribution < -0.4 is 14.8 Å². The molecule has 0 aliphatic carbocycles. The number of ketones is 1. The number of methoxy groups -OCH3 is 2. The number of aromatic nitrogens is 2. The van der Waals surface area contributed by atoms with Gasteiger partial charge in [-0.05, 0) is 26.0 Å². The third-order valence-electron chi connectivity index (χ3n) is 4.79. The molecule has 1 heterocycles. The molecule has 0 unspecified atom stereocenters. The van der Waals surface area contributed by atoms with Crippen molar-refractivity contribution >= 4 is 34.9 Å². The Bertz CT molecular complexity index is 1210. The molecule has 9 nitrogen and oxygen atoms in total. The van der Waals surface area contributed by atoms with Crippen LogP contribution in [0.5, 0.6) is 11.5 Å². The van der Waals surface area contributed by atoms with Gasteiger partial charge in [-0.25, -0.2) is 9.48 Å². The van der Waals surface area contributed by atoms with Crippen LogP contribution in [0.3, 0.4) is 0 Å². The molecule has 1 N–H and O–H groups in total. The number of anilines is 1. The van der Waals surface area contributed by atoms with Gasteiger partial charge in [0.25, 0.3) is 11.7 Å². The van der Waals surface area contributed by atoms with E-state index in [-0.39, 0.29) is 17.0 Å². The van der Waals surface area contributed by atoms with Crippen LogP contribution >= 0.6 is 11.6 Å². The summed E-state index contributed by atoms with van der Waals surface area (Å²) in [6.07, 6.45) is 0. The number of nitrogens with zero attached hydrogens (tertiary/aromatic N) is 2. The maximum absolute atomic E-state index is 12.7. The average molecular weight is 472 g/mol. The van der Waals surface area contributed by atoms with Crippen LogP contribution in [-0.4, -0.2) is 48.3 Å². The third-order valence-corrected chi connectivity index (χ3v) is 5.08. The molecule has 0 atom stereocenters. The minimum Gasteiger partial charge on any atom is -0.495 e. The van der Waals surface area contributed by atoms with Crippen molar-refractivity contribution in [1.82, 2.24) is 9.78 Å². The second-order valence-corrected chi connectivity index (χ2v) is 7.34. The number of para-hydroxylation sites is 1. The van der Waals surface area contributed by atoms with E-state index in [0.29, 0.717) is 22.2 Å². The second kappa shape index (κ2) is 10.2. The summed E-state index contributed by atoms with van der Waals surface area (Å²) in [4.78, 5) is 37.4. The minimum atomic E-state index is -1.16. The van der Waals surface area contributed by atoms with Crippen LogP contribution in [0.25, 0.3) is 5.69 Å². The fraction of sp³-hybridized carbons (Fsp3) is 0.217. The van der Waals surface area contributed by atoms with Gasteiger partial charge < -0.3 is 19.5 Å². The number of carbonyl (C=O) groups excluding carboxylic acids is 3. The zero-order chi connectivity index (χ0) is 24.1. The Labute approximate surface area is 195 Å². The normalized spacial score (nSPS) is 10.5. The number of esters is 1. The van der Waals surface area contributed by atoms with Crippen molar-refractivity contribution in [2.75, 3.05) is 26.1 Å². The van der Waals surface area contributed by atoms with Gasteiger partial charge in [-0.15, -0.1) is 0 Å². The summed E-state index contributed by atoms with van der Waals surface area (Å²) < 4.78 is 16.8. The van der Waals surface area contributed by atoms with E-state index in [1.54, 1.807) is 18.5 Å². The minimum absolute atomic E-state index is 0.133. The van der Waals surface area contributed by atoms with E-state index in [9.17, 15) is 14.4 Å². The lowest BCUT2D eigenvalue weighted by Crippen LogP contribution is -2.25. The SMILES string of the molecule is COc1cc(NC(=O)COC(=O)C(=O)c2c(C)nn(-c3ccccc3)c2C)c(OC)cc1Cl. The number of Topliss-reactive ketones (excluding diaryl/α,β-unsaturated/α-hetero) is 1. The number of halogens is 1. The first-order valence-corrected chi connectivity index (χ1v) is 10.2. The van der Waals surface area contributed by atoms with Gasteiger partial charge in [0.05, 0.1) is 47.6 Å². The lowest BCUT2D eigenvalue weighted by molar-refractivity contribution is -0.142. The first-order chi connectivity index (χ1) is 15.8. The third kappa shape index (κ3) is 5.15. The van der Waals surface area contributed by atoms with E-state index in [1.165, 1.54) is 26.4 Å². The van der Waals surface area contributed by atoms with Crippen molar-refractivity contribution in [2.45, 2.75) is 13.8 Å². The number of rotatable bonds is 8. The quantitative estimate of drug-likeness (QED) is 0.304. The number of carbonyl (C=O) groups is 3. The van der Waals surface area contributed by atoms with Gasteiger partial charge in [0.15, 0.2) is 6.61 Å². The van der Waals surface area contributed by atoms with Crippen LogP contribution in [0.2, 0.25) is 5.02 Å². The molecule has 0 spiro atoms. The fourth-order valence-electron chi connectivity index (χ4n) is 3.24. The van der Waals surface area contributed by atoms with E-state index >= 15 is 0 Å². The van der Waals surface area contributed by atoms with Crippen molar-refractivity contribution in [3.63, 3.8) is 0 Å². The molecule has 0 fully saturated rings. The Hall–Kier alpha value is -3.85. The van der Waals surface area contributed by atoms with E-state index in [2.05, 4.69) is 10.4 Å². The molecule has 172 valence electrons. The van der Waals surface area contributed by atoms with Crippen LogP contribution in [0.15, 0.2) is 42.5 Å². The van der Waals surface area contributed by atoms with Crippen LogP contribution in [0.4, 0.5) is 5.69 Å². The Morgan fingerprint density at radius 3 is 2.33 bits per heavy atom. The average Bonchev–Trinajstić information content (AvgIpc) is 3.11. The predicted octanol–water partition coefficient (Wildman–Crippen LogP) is 3.52. The molecule has 0 saturated carbocycles. The molecule has 0 aliphatic rings. The largest absolute Gasteiger partial charge is 0.495 e.